The number of fused-ring (bicyclic) bond motifs is 1. The maximum absolute atomic E-state index is 13.3. The summed E-state index contributed by atoms with van der Waals surface area (Å²) in [4.78, 5) is 34.2. The lowest BCUT2D eigenvalue weighted by Gasteiger charge is -2.29. The third-order valence-electron chi connectivity index (χ3n) is 7.38. The summed E-state index contributed by atoms with van der Waals surface area (Å²) in [6, 6.07) is 5.38. The Labute approximate surface area is 221 Å². The smallest absolute Gasteiger partial charge is 0.325 e. The zero-order valence-electron chi connectivity index (χ0n) is 20.8. The lowest BCUT2D eigenvalue weighted by Crippen LogP contribution is -2.39. The van der Waals surface area contributed by atoms with Gasteiger partial charge in [-0.1, -0.05) is 23.7 Å². The number of halogens is 1. The summed E-state index contributed by atoms with van der Waals surface area (Å²) in [6.07, 6.45) is 5.10. The number of aliphatic hydroxyl groups is 1. The molecular weight excluding hydrogens is 517 g/mol. The summed E-state index contributed by atoms with van der Waals surface area (Å²) >= 11 is 6.25. The Balaban J connectivity index is 1.28. The van der Waals surface area contributed by atoms with Crippen LogP contribution in [0.3, 0.4) is 0 Å². The largest absolute Gasteiger partial charge is 0.392 e. The molecule has 1 aromatic carbocycles. The lowest BCUT2D eigenvalue weighted by atomic mass is 9.93. The van der Waals surface area contributed by atoms with Crippen LogP contribution in [-0.2, 0) is 22.2 Å². The molecule has 3 fully saturated rings. The Hall–Kier alpha value is -2.23. The Kier molecular flexibility index (Phi) is 7.75. The fourth-order valence-corrected chi connectivity index (χ4v) is 6.28. The van der Waals surface area contributed by atoms with E-state index in [0.29, 0.717) is 60.1 Å². The minimum Gasteiger partial charge on any atom is -0.392 e. The van der Waals surface area contributed by atoms with Crippen LogP contribution in [0.2, 0.25) is 5.02 Å². The molecule has 200 valence electrons. The van der Waals surface area contributed by atoms with E-state index in [9.17, 15) is 19.4 Å². The SMILES string of the molecule is CP(=O)(O)OC1CCC(NC(=O)c2cnc(N3CC4CC4C3)nc2NCc2ccc(CO)c(Cl)c2)CC1. The molecule has 1 amide bonds. The number of nitrogens with zero attached hydrogens (tertiary/aromatic N) is 3. The second kappa shape index (κ2) is 10.9. The van der Waals surface area contributed by atoms with E-state index in [-0.39, 0.29) is 24.7 Å². The van der Waals surface area contributed by atoms with E-state index in [1.54, 1.807) is 18.3 Å². The molecule has 1 aromatic heterocycles. The average Bonchev–Trinajstić information content (AvgIpc) is 3.47. The number of carbonyl (C=O) groups is 1. The van der Waals surface area contributed by atoms with Crippen molar-refractivity contribution in [2.45, 2.75) is 57.4 Å². The molecule has 37 heavy (non-hydrogen) atoms. The normalized spacial score (nSPS) is 26.3. The first-order valence-electron chi connectivity index (χ1n) is 12.7. The van der Waals surface area contributed by atoms with E-state index < -0.39 is 7.60 Å². The fraction of sp³-hybridized carbons (Fsp3) is 0.560. The number of anilines is 2. The molecule has 3 atom stereocenters. The number of nitrogens with one attached hydrogen (secondary N) is 2. The van der Waals surface area contributed by atoms with Gasteiger partial charge in [-0.25, -0.2) is 4.98 Å². The highest BCUT2D eigenvalue weighted by Gasteiger charge is 2.46. The van der Waals surface area contributed by atoms with Gasteiger partial charge in [0.25, 0.3) is 5.91 Å². The van der Waals surface area contributed by atoms with Crippen molar-refractivity contribution in [2.75, 3.05) is 30.0 Å². The minimum atomic E-state index is -3.53. The first kappa shape index (κ1) is 26.4. The monoisotopic (exact) mass is 549 g/mol. The summed E-state index contributed by atoms with van der Waals surface area (Å²) in [5.41, 5.74) is 1.91. The fourth-order valence-electron chi connectivity index (χ4n) is 5.25. The highest BCUT2D eigenvalue weighted by atomic mass is 35.5. The quantitative estimate of drug-likeness (QED) is 0.346. The van der Waals surface area contributed by atoms with Crippen LogP contribution < -0.4 is 15.5 Å². The Morgan fingerprint density at radius 2 is 1.97 bits per heavy atom. The first-order chi connectivity index (χ1) is 17.7. The van der Waals surface area contributed by atoms with E-state index >= 15 is 0 Å². The van der Waals surface area contributed by atoms with Crippen LogP contribution in [0.25, 0.3) is 0 Å². The molecule has 5 rings (SSSR count). The third kappa shape index (κ3) is 6.62. The van der Waals surface area contributed by atoms with Crippen molar-refractivity contribution >= 4 is 36.9 Å². The summed E-state index contributed by atoms with van der Waals surface area (Å²) in [6.45, 7) is 3.35. The number of hydrogen-bond donors (Lipinski definition) is 4. The van der Waals surface area contributed by atoms with Crippen LogP contribution >= 0.6 is 19.2 Å². The van der Waals surface area contributed by atoms with Crippen molar-refractivity contribution in [1.82, 2.24) is 15.3 Å². The van der Waals surface area contributed by atoms with Crippen LogP contribution in [0, 0.1) is 11.8 Å². The molecule has 1 aliphatic heterocycles. The summed E-state index contributed by atoms with van der Waals surface area (Å²) in [7, 11) is -3.53. The average molecular weight is 550 g/mol. The number of benzene rings is 1. The minimum absolute atomic E-state index is 0.0645. The van der Waals surface area contributed by atoms with E-state index in [4.69, 9.17) is 21.1 Å². The Morgan fingerprint density at radius 3 is 2.62 bits per heavy atom. The first-order valence-corrected chi connectivity index (χ1v) is 15.1. The molecule has 2 saturated carbocycles. The van der Waals surface area contributed by atoms with Crippen molar-refractivity contribution in [2.24, 2.45) is 11.8 Å². The molecule has 3 unspecified atom stereocenters. The molecular formula is C25H33ClN5O5P. The van der Waals surface area contributed by atoms with Gasteiger partial charge in [0.05, 0.1) is 12.7 Å². The van der Waals surface area contributed by atoms with Gasteiger partial charge in [-0.2, -0.15) is 4.98 Å². The zero-order valence-corrected chi connectivity index (χ0v) is 22.4. The predicted molar refractivity (Wildman–Crippen MR) is 141 cm³/mol. The third-order valence-corrected chi connectivity index (χ3v) is 8.43. The van der Waals surface area contributed by atoms with Gasteiger partial charge >= 0.3 is 7.60 Å². The van der Waals surface area contributed by atoms with E-state index in [0.717, 1.165) is 30.5 Å². The van der Waals surface area contributed by atoms with Crippen LogP contribution in [0.15, 0.2) is 24.4 Å². The summed E-state index contributed by atoms with van der Waals surface area (Å²) in [5.74, 6) is 2.25. The van der Waals surface area contributed by atoms with Gasteiger partial charge in [0.1, 0.15) is 11.4 Å². The molecule has 1 saturated heterocycles. The lowest BCUT2D eigenvalue weighted by molar-refractivity contribution is 0.0881. The van der Waals surface area contributed by atoms with Gasteiger partial charge in [-0.3, -0.25) is 9.36 Å². The van der Waals surface area contributed by atoms with Gasteiger partial charge < -0.3 is 30.1 Å². The molecule has 3 aliphatic rings. The molecule has 4 N–H and O–H groups in total. The Bertz CT molecular complexity index is 1190. The molecule has 10 nitrogen and oxygen atoms in total. The van der Waals surface area contributed by atoms with Gasteiger partial charge in [-0.05, 0) is 61.1 Å². The van der Waals surface area contributed by atoms with E-state index in [1.165, 1.54) is 13.1 Å². The maximum atomic E-state index is 13.3. The molecule has 2 heterocycles. The van der Waals surface area contributed by atoms with Gasteiger partial charge in [-0.15, -0.1) is 0 Å². The van der Waals surface area contributed by atoms with Crippen molar-refractivity contribution in [1.29, 1.82) is 0 Å². The number of piperidine rings is 1. The van der Waals surface area contributed by atoms with Crippen molar-refractivity contribution in [3.63, 3.8) is 0 Å². The zero-order chi connectivity index (χ0) is 26.2. The topological polar surface area (TPSA) is 137 Å². The molecule has 0 radical (unpaired) electrons. The predicted octanol–water partition coefficient (Wildman–Crippen LogP) is 3.56. The highest BCUT2D eigenvalue weighted by molar-refractivity contribution is 7.51. The van der Waals surface area contributed by atoms with Gasteiger partial charge in [0.15, 0.2) is 0 Å². The standard InChI is InChI=1S/C25H33ClN5O5P/c1-37(34,35)36-20-6-4-19(5-7-20)29-24(33)21-11-28-25(31-12-17-9-18(17)13-31)30-23(21)27-10-15-2-3-16(14-32)22(26)8-15/h2-3,8,11,17-20,32H,4-7,9-10,12-14H2,1H3,(H,29,33)(H,34,35)(H,27,28,30). The number of aliphatic hydroxyl groups excluding tert-OH is 1. The molecule has 0 spiro atoms. The van der Waals surface area contributed by atoms with Gasteiger partial charge in [0, 0.05) is 43.6 Å². The van der Waals surface area contributed by atoms with E-state index in [1.807, 2.05) is 6.07 Å². The molecule has 2 aromatic rings. The second-order valence-electron chi connectivity index (χ2n) is 10.4. The summed E-state index contributed by atoms with van der Waals surface area (Å²) < 4.78 is 16.8. The number of amides is 1. The highest BCUT2D eigenvalue weighted by Crippen LogP contribution is 2.46. The Morgan fingerprint density at radius 1 is 1.24 bits per heavy atom. The van der Waals surface area contributed by atoms with Crippen LogP contribution in [0.5, 0.6) is 0 Å². The molecule has 12 heteroatoms. The van der Waals surface area contributed by atoms with Crippen LogP contribution in [0.1, 0.15) is 53.6 Å². The van der Waals surface area contributed by atoms with Crippen LogP contribution in [0.4, 0.5) is 11.8 Å². The van der Waals surface area contributed by atoms with Gasteiger partial charge in [0.2, 0.25) is 5.95 Å². The number of carbonyl (C=O) groups excluding carboxylic acids is 1. The van der Waals surface area contributed by atoms with Crippen molar-refractivity contribution in [3.8, 4) is 0 Å². The summed E-state index contributed by atoms with van der Waals surface area (Å²) in [5, 5.41) is 16.2. The number of aromatic nitrogens is 2. The van der Waals surface area contributed by atoms with Crippen LogP contribution in [-0.4, -0.2) is 57.8 Å². The van der Waals surface area contributed by atoms with Crippen molar-refractivity contribution < 1.29 is 23.9 Å². The second-order valence-corrected chi connectivity index (χ2v) is 12.6. The van der Waals surface area contributed by atoms with Crippen molar-refractivity contribution in [3.05, 3.63) is 46.1 Å². The number of rotatable bonds is 9. The molecule has 0 bridgehead atoms. The molecule has 2 aliphatic carbocycles. The maximum Gasteiger partial charge on any atom is 0.325 e. The number of hydrogen-bond acceptors (Lipinski definition) is 8. The van der Waals surface area contributed by atoms with E-state index in [2.05, 4.69) is 20.5 Å².